The van der Waals surface area contributed by atoms with Crippen molar-refractivity contribution in [2.75, 3.05) is 0 Å². The third kappa shape index (κ3) is 4.24. The zero-order chi connectivity index (χ0) is 13.3. The lowest BCUT2D eigenvalue weighted by Gasteiger charge is -1.95. The molecule has 0 aromatic heterocycles. The lowest BCUT2D eigenvalue weighted by atomic mass is 10.2. The Morgan fingerprint density at radius 1 is 0.947 bits per heavy atom. The normalized spacial score (nSPS) is 10.9. The first kappa shape index (κ1) is 12.8. The molecule has 0 unspecified atom stereocenters. The van der Waals surface area contributed by atoms with Crippen LogP contribution >= 0.6 is 0 Å². The van der Waals surface area contributed by atoms with Gasteiger partial charge in [0.2, 0.25) is 0 Å². The molecule has 0 aliphatic carbocycles. The van der Waals surface area contributed by atoms with Gasteiger partial charge < -0.3 is 4.84 Å². The van der Waals surface area contributed by atoms with Crippen molar-refractivity contribution in [1.29, 1.82) is 0 Å². The van der Waals surface area contributed by atoms with E-state index in [1.165, 1.54) is 6.21 Å². The van der Waals surface area contributed by atoms with Crippen LogP contribution in [0.5, 0.6) is 0 Å². The first-order valence-corrected chi connectivity index (χ1v) is 5.88. The molecule has 0 spiro atoms. The Bertz CT molecular complexity index is 574. The van der Waals surface area contributed by atoms with E-state index in [1.54, 1.807) is 30.3 Å². The number of carbonyl (C=O) groups excluding carboxylic acids is 1. The second-order valence-electron chi connectivity index (χ2n) is 3.77. The van der Waals surface area contributed by atoms with Crippen molar-refractivity contribution < 1.29 is 9.63 Å². The molecule has 2 rings (SSSR count). The average Bonchev–Trinajstić information content (AvgIpc) is 2.49. The predicted molar refractivity (Wildman–Crippen MR) is 75.8 cm³/mol. The average molecular weight is 251 g/mol. The summed E-state index contributed by atoms with van der Waals surface area (Å²) in [5.41, 5.74) is 1.54. The molecule has 3 heteroatoms. The Morgan fingerprint density at radius 3 is 2.26 bits per heavy atom. The van der Waals surface area contributed by atoms with Gasteiger partial charge in [0, 0.05) is 0 Å². The van der Waals surface area contributed by atoms with E-state index in [0.717, 1.165) is 5.56 Å². The van der Waals surface area contributed by atoms with Crippen molar-refractivity contribution in [3.63, 3.8) is 0 Å². The summed E-state index contributed by atoms with van der Waals surface area (Å²) in [6.45, 7) is 0. The minimum absolute atomic E-state index is 0.468. The summed E-state index contributed by atoms with van der Waals surface area (Å²) in [7, 11) is 0. The number of carbonyl (C=O) groups is 1. The molecule has 0 atom stereocenters. The molecule has 0 saturated heterocycles. The monoisotopic (exact) mass is 251 g/mol. The maximum atomic E-state index is 11.5. The zero-order valence-electron chi connectivity index (χ0n) is 10.3. The molecule has 19 heavy (non-hydrogen) atoms. The van der Waals surface area contributed by atoms with Gasteiger partial charge in [-0.2, -0.15) is 0 Å². The van der Waals surface area contributed by atoms with Crippen molar-refractivity contribution in [3.05, 3.63) is 77.9 Å². The molecule has 0 amide bonds. The molecule has 0 radical (unpaired) electrons. The summed E-state index contributed by atoms with van der Waals surface area (Å²) in [5.74, 6) is -0.468. The van der Waals surface area contributed by atoms with Crippen molar-refractivity contribution >= 4 is 18.3 Å². The fraction of sp³-hybridized carbons (Fsp3) is 0. The molecule has 0 aliphatic rings. The van der Waals surface area contributed by atoms with Gasteiger partial charge in [-0.05, 0) is 23.8 Å². The Balaban J connectivity index is 1.84. The van der Waals surface area contributed by atoms with Gasteiger partial charge in [0.15, 0.2) is 0 Å². The highest BCUT2D eigenvalue weighted by atomic mass is 16.7. The van der Waals surface area contributed by atoms with Crippen molar-refractivity contribution in [2.45, 2.75) is 0 Å². The number of oxime groups is 1. The van der Waals surface area contributed by atoms with Crippen molar-refractivity contribution in [1.82, 2.24) is 0 Å². The molecule has 0 N–H and O–H groups in total. The lowest BCUT2D eigenvalue weighted by Crippen LogP contribution is -1.99. The van der Waals surface area contributed by atoms with Gasteiger partial charge >= 0.3 is 5.97 Å². The Labute approximate surface area is 111 Å². The van der Waals surface area contributed by atoms with Crippen LogP contribution in [0.25, 0.3) is 6.08 Å². The third-order valence-corrected chi connectivity index (χ3v) is 2.38. The van der Waals surface area contributed by atoms with Gasteiger partial charge in [-0.3, -0.25) is 0 Å². The van der Waals surface area contributed by atoms with Gasteiger partial charge in [-0.15, -0.1) is 0 Å². The first-order chi connectivity index (χ1) is 9.36. The van der Waals surface area contributed by atoms with E-state index in [-0.39, 0.29) is 0 Å². The predicted octanol–water partition coefficient (Wildman–Crippen LogP) is 3.54. The van der Waals surface area contributed by atoms with Crippen LogP contribution in [0, 0.1) is 0 Å². The van der Waals surface area contributed by atoms with Gasteiger partial charge in [0.1, 0.15) is 0 Å². The summed E-state index contributed by atoms with van der Waals surface area (Å²) in [6.07, 6.45) is 5.03. The van der Waals surface area contributed by atoms with Gasteiger partial charge in [-0.25, -0.2) is 4.79 Å². The Hall–Kier alpha value is -2.68. The van der Waals surface area contributed by atoms with E-state index in [2.05, 4.69) is 5.16 Å². The molecular weight excluding hydrogens is 238 g/mol. The van der Waals surface area contributed by atoms with Crippen LogP contribution in [0.4, 0.5) is 0 Å². The van der Waals surface area contributed by atoms with Gasteiger partial charge in [-0.1, -0.05) is 59.8 Å². The smallest absolute Gasteiger partial charge is 0.313 e. The highest BCUT2D eigenvalue weighted by Gasteiger charge is 2.03. The second-order valence-corrected chi connectivity index (χ2v) is 3.77. The lowest BCUT2D eigenvalue weighted by molar-refractivity contribution is 0.0519. The molecule has 0 saturated carbocycles. The van der Waals surface area contributed by atoms with Gasteiger partial charge in [0.25, 0.3) is 0 Å². The summed E-state index contributed by atoms with van der Waals surface area (Å²) >= 11 is 0. The van der Waals surface area contributed by atoms with Crippen LogP contribution in [-0.4, -0.2) is 12.2 Å². The number of nitrogens with zero attached hydrogens (tertiary/aromatic N) is 1. The van der Waals surface area contributed by atoms with E-state index < -0.39 is 5.97 Å². The summed E-state index contributed by atoms with van der Waals surface area (Å²) < 4.78 is 0. The topological polar surface area (TPSA) is 38.7 Å². The quantitative estimate of drug-likeness (QED) is 0.473. The molecule has 0 fully saturated rings. The third-order valence-electron chi connectivity index (χ3n) is 2.38. The number of hydrogen-bond donors (Lipinski definition) is 0. The van der Waals surface area contributed by atoms with Crippen LogP contribution in [-0.2, 0) is 4.84 Å². The number of allylic oxidation sites excluding steroid dienone is 1. The number of benzene rings is 2. The SMILES string of the molecule is O=C(O/N=C/C=C/c1ccccc1)c1ccccc1. The van der Waals surface area contributed by atoms with Crippen molar-refractivity contribution in [2.24, 2.45) is 5.16 Å². The number of rotatable bonds is 4. The Kier molecular flexibility index (Phi) is 4.64. The van der Waals surface area contributed by atoms with Crippen molar-refractivity contribution in [3.8, 4) is 0 Å². The summed E-state index contributed by atoms with van der Waals surface area (Å²) in [6, 6.07) is 18.5. The maximum absolute atomic E-state index is 11.5. The molecule has 2 aromatic rings. The van der Waals surface area contributed by atoms with Crippen LogP contribution in [0.1, 0.15) is 15.9 Å². The van der Waals surface area contributed by atoms with E-state index in [1.807, 2.05) is 42.5 Å². The minimum atomic E-state index is -0.468. The van der Waals surface area contributed by atoms with Crippen LogP contribution in [0.15, 0.2) is 71.9 Å². The van der Waals surface area contributed by atoms with E-state index in [9.17, 15) is 4.79 Å². The fourth-order valence-electron chi connectivity index (χ4n) is 1.46. The van der Waals surface area contributed by atoms with Gasteiger partial charge in [0.05, 0.1) is 11.8 Å². The molecule has 94 valence electrons. The molecule has 2 aromatic carbocycles. The summed E-state index contributed by atoms with van der Waals surface area (Å²) in [4.78, 5) is 16.3. The highest BCUT2D eigenvalue weighted by Crippen LogP contribution is 2.01. The van der Waals surface area contributed by atoms with Crippen LogP contribution in [0.2, 0.25) is 0 Å². The first-order valence-electron chi connectivity index (χ1n) is 5.88. The highest BCUT2D eigenvalue weighted by molar-refractivity contribution is 5.89. The standard InChI is InChI=1S/C16H13NO2/c18-16(15-11-5-2-6-12-15)19-17-13-7-10-14-8-3-1-4-9-14/h1-13H/b10-7+,17-13+. The summed E-state index contributed by atoms with van der Waals surface area (Å²) in [5, 5.41) is 3.60. The second kappa shape index (κ2) is 6.91. The fourth-order valence-corrected chi connectivity index (χ4v) is 1.46. The van der Waals surface area contributed by atoms with E-state index in [0.29, 0.717) is 5.56 Å². The van der Waals surface area contributed by atoms with E-state index >= 15 is 0 Å². The molecular formula is C16H13NO2. The maximum Gasteiger partial charge on any atom is 0.365 e. The molecule has 0 heterocycles. The Morgan fingerprint density at radius 2 is 1.58 bits per heavy atom. The largest absolute Gasteiger partial charge is 0.365 e. The van der Waals surface area contributed by atoms with Crippen LogP contribution < -0.4 is 0 Å². The van der Waals surface area contributed by atoms with E-state index in [4.69, 9.17) is 4.84 Å². The molecule has 0 bridgehead atoms. The number of hydrogen-bond acceptors (Lipinski definition) is 3. The zero-order valence-corrected chi connectivity index (χ0v) is 10.3. The molecule has 0 aliphatic heterocycles. The molecule has 3 nitrogen and oxygen atoms in total. The minimum Gasteiger partial charge on any atom is -0.313 e. The van der Waals surface area contributed by atoms with Crippen LogP contribution in [0.3, 0.4) is 0 Å².